The Bertz CT molecular complexity index is 1140. The molecular formula is C26H32N4O2S. The van der Waals surface area contributed by atoms with E-state index in [0.29, 0.717) is 24.9 Å². The molecule has 174 valence electrons. The lowest BCUT2D eigenvalue weighted by atomic mass is 10.0. The molecule has 3 heterocycles. The number of fused-ring (bicyclic) bond motifs is 1. The van der Waals surface area contributed by atoms with E-state index in [1.165, 1.54) is 22.2 Å². The quantitative estimate of drug-likeness (QED) is 0.523. The first-order valence-electron chi connectivity index (χ1n) is 11.8. The van der Waals surface area contributed by atoms with Gasteiger partial charge in [0.05, 0.1) is 5.69 Å². The molecule has 2 fully saturated rings. The van der Waals surface area contributed by atoms with Crippen molar-refractivity contribution in [3.05, 3.63) is 58.4 Å². The zero-order valence-corrected chi connectivity index (χ0v) is 20.7. The molecule has 2 aromatic heterocycles. The van der Waals surface area contributed by atoms with E-state index < -0.39 is 5.60 Å². The summed E-state index contributed by atoms with van der Waals surface area (Å²) in [5.41, 5.74) is 3.49. The summed E-state index contributed by atoms with van der Waals surface area (Å²) >= 11 is 1.70. The summed E-state index contributed by atoms with van der Waals surface area (Å²) in [5.74, 6) is 1.91. The number of rotatable bonds is 4. The van der Waals surface area contributed by atoms with E-state index >= 15 is 0 Å². The van der Waals surface area contributed by atoms with Gasteiger partial charge in [0.1, 0.15) is 16.3 Å². The number of carbonyl (C=O) groups excluding carboxylic acids is 1. The Morgan fingerprint density at radius 3 is 2.48 bits per heavy atom. The summed E-state index contributed by atoms with van der Waals surface area (Å²) in [6.45, 7) is 11.8. The molecule has 1 aliphatic heterocycles. The molecule has 1 saturated carbocycles. The van der Waals surface area contributed by atoms with Crippen molar-refractivity contribution in [1.29, 1.82) is 0 Å². The van der Waals surface area contributed by atoms with Crippen molar-refractivity contribution in [1.82, 2.24) is 19.8 Å². The summed E-state index contributed by atoms with van der Waals surface area (Å²) in [6.07, 6.45) is 0.956. The Morgan fingerprint density at radius 1 is 1.06 bits per heavy atom. The van der Waals surface area contributed by atoms with Gasteiger partial charge in [0.25, 0.3) is 0 Å². The summed E-state index contributed by atoms with van der Waals surface area (Å²) in [7, 11) is 0. The fraction of sp³-hybridized carbons (Fsp3) is 0.500. The minimum absolute atomic E-state index is 0.205. The van der Waals surface area contributed by atoms with Crippen LogP contribution in [-0.2, 0) is 11.3 Å². The van der Waals surface area contributed by atoms with Crippen molar-refractivity contribution in [2.75, 3.05) is 26.2 Å². The van der Waals surface area contributed by atoms with Gasteiger partial charge in [-0.15, -0.1) is 11.3 Å². The third-order valence-electron chi connectivity index (χ3n) is 6.45. The highest BCUT2D eigenvalue weighted by atomic mass is 32.1. The Morgan fingerprint density at radius 2 is 1.79 bits per heavy atom. The lowest BCUT2D eigenvalue weighted by molar-refractivity contribution is 0.0139. The van der Waals surface area contributed by atoms with Crippen LogP contribution in [0.25, 0.3) is 10.2 Å². The normalized spacial score (nSPS) is 21.4. The molecule has 2 atom stereocenters. The van der Waals surface area contributed by atoms with E-state index in [9.17, 15) is 4.79 Å². The fourth-order valence-corrected chi connectivity index (χ4v) is 5.50. The highest BCUT2D eigenvalue weighted by molar-refractivity contribution is 7.16. The summed E-state index contributed by atoms with van der Waals surface area (Å²) < 4.78 is 5.50. The topological polar surface area (TPSA) is 58.6 Å². The number of hydrogen-bond donors (Lipinski definition) is 0. The minimum atomic E-state index is -0.446. The van der Waals surface area contributed by atoms with Crippen LogP contribution < -0.4 is 0 Å². The molecule has 33 heavy (non-hydrogen) atoms. The molecule has 1 aliphatic carbocycles. The molecule has 7 heteroatoms. The standard InChI is InChI=1S/C26H32N4O2S/c1-17-27-23(20-9-14-33-24(20)28-17)22-15-21(22)19-7-5-18(6-8-19)16-29-10-12-30(13-11-29)25(31)32-26(2,3)4/h5-9,14,21-22H,10-13,15-16H2,1-4H3. The van der Waals surface area contributed by atoms with E-state index in [2.05, 4.69) is 45.6 Å². The van der Waals surface area contributed by atoms with E-state index in [1.807, 2.05) is 32.6 Å². The Hall–Kier alpha value is -2.51. The number of carbonyl (C=O) groups is 1. The van der Waals surface area contributed by atoms with Crippen molar-refractivity contribution >= 4 is 27.6 Å². The van der Waals surface area contributed by atoms with Crippen molar-refractivity contribution in [3.8, 4) is 0 Å². The second-order valence-electron chi connectivity index (χ2n) is 10.2. The lowest BCUT2D eigenvalue weighted by Crippen LogP contribution is -2.49. The molecule has 0 N–H and O–H groups in total. The number of thiophene rings is 1. The van der Waals surface area contributed by atoms with Crippen molar-refractivity contribution in [2.45, 2.75) is 58.1 Å². The predicted octanol–water partition coefficient (Wildman–Crippen LogP) is 5.32. The first-order valence-corrected chi connectivity index (χ1v) is 12.7. The van der Waals surface area contributed by atoms with Crippen LogP contribution in [0.3, 0.4) is 0 Å². The zero-order chi connectivity index (χ0) is 23.2. The molecule has 0 radical (unpaired) electrons. The Kier molecular flexibility index (Phi) is 5.87. The van der Waals surface area contributed by atoms with Crippen LogP contribution in [0.5, 0.6) is 0 Å². The van der Waals surface area contributed by atoms with Gasteiger partial charge in [0.2, 0.25) is 0 Å². The van der Waals surface area contributed by atoms with Gasteiger partial charge in [-0.1, -0.05) is 24.3 Å². The minimum Gasteiger partial charge on any atom is -0.444 e. The van der Waals surface area contributed by atoms with Gasteiger partial charge < -0.3 is 9.64 Å². The number of ether oxygens (including phenoxy) is 1. The number of amides is 1. The number of nitrogens with zero attached hydrogens (tertiary/aromatic N) is 4. The smallest absolute Gasteiger partial charge is 0.410 e. The monoisotopic (exact) mass is 464 g/mol. The van der Waals surface area contributed by atoms with Crippen LogP contribution in [0, 0.1) is 6.92 Å². The highest BCUT2D eigenvalue weighted by Crippen LogP contribution is 2.55. The molecule has 6 nitrogen and oxygen atoms in total. The van der Waals surface area contributed by atoms with Crippen LogP contribution in [0.1, 0.15) is 61.7 Å². The van der Waals surface area contributed by atoms with Crippen LogP contribution in [0.4, 0.5) is 4.79 Å². The summed E-state index contributed by atoms with van der Waals surface area (Å²) in [4.78, 5) is 27.0. The predicted molar refractivity (Wildman–Crippen MR) is 132 cm³/mol. The van der Waals surface area contributed by atoms with Gasteiger partial charge in [-0.2, -0.15) is 0 Å². The molecule has 0 spiro atoms. The van der Waals surface area contributed by atoms with Crippen molar-refractivity contribution < 1.29 is 9.53 Å². The first kappa shape index (κ1) is 22.3. The SMILES string of the molecule is Cc1nc(C2CC2c2ccc(CN3CCN(C(=O)OC(C)(C)C)CC3)cc2)c2ccsc2n1. The van der Waals surface area contributed by atoms with Crippen LogP contribution in [-0.4, -0.2) is 57.6 Å². The highest BCUT2D eigenvalue weighted by Gasteiger charge is 2.41. The van der Waals surface area contributed by atoms with Gasteiger partial charge in [-0.3, -0.25) is 4.90 Å². The second-order valence-corrected chi connectivity index (χ2v) is 11.1. The Balaban J connectivity index is 1.16. The number of aryl methyl sites for hydroxylation is 1. The van der Waals surface area contributed by atoms with Crippen molar-refractivity contribution in [2.24, 2.45) is 0 Å². The van der Waals surface area contributed by atoms with Crippen molar-refractivity contribution in [3.63, 3.8) is 0 Å². The number of hydrogen-bond acceptors (Lipinski definition) is 6. The van der Waals surface area contributed by atoms with E-state index in [-0.39, 0.29) is 6.09 Å². The average molecular weight is 465 g/mol. The molecule has 1 saturated heterocycles. The van der Waals surface area contributed by atoms with Crippen LogP contribution >= 0.6 is 11.3 Å². The molecule has 3 aromatic rings. The van der Waals surface area contributed by atoms with Crippen LogP contribution in [0.15, 0.2) is 35.7 Å². The van der Waals surface area contributed by atoms with Gasteiger partial charge in [-0.25, -0.2) is 14.8 Å². The number of aromatic nitrogens is 2. The second kappa shape index (κ2) is 8.69. The molecule has 5 rings (SSSR count). The van der Waals surface area contributed by atoms with Gasteiger partial charge in [-0.05, 0) is 62.6 Å². The van der Waals surface area contributed by atoms with E-state index in [4.69, 9.17) is 9.72 Å². The maximum atomic E-state index is 12.3. The molecule has 1 aromatic carbocycles. The number of benzene rings is 1. The fourth-order valence-electron chi connectivity index (χ4n) is 4.68. The summed E-state index contributed by atoms with van der Waals surface area (Å²) in [5, 5.41) is 3.34. The maximum Gasteiger partial charge on any atom is 0.410 e. The van der Waals surface area contributed by atoms with Gasteiger partial charge in [0, 0.05) is 44.0 Å². The van der Waals surface area contributed by atoms with Gasteiger partial charge >= 0.3 is 6.09 Å². The van der Waals surface area contributed by atoms with Crippen LogP contribution in [0.2, 0.25) is 0 Å². The average Bonchev–Trinajstić information content (AvgIpc) is 3.42. The van der Waals surface area contributed by atoms with Gasteiger partial charge in [0.15, 0.2) is 0 Å². The molecule has 2 aliphatic rings. The van der Waals surface area contributed by atoms with E-state index in [1.54, 1.807) is 11.3 Å². The molecular weight excluding hydrogens is 432 g/mol. The van der Waals surface area contributed by atoms with E-state index in [0.717, 1.165) is 36.7 Å². The first-order chi connectivity index (χ1) is 15.8. The number of piperazine rings is 1. The molecule has 1 amide bonds. The Labute approximate surface area is 199 Å². The molecule has 2 unspecified atom stereocenters. The summed E-state index contributed by atoms with van der Waals surface area (Å²) in [6, 6.07) is 11.3. The zero-order valence-electron chi connectivity index (χ0n) is 19.9. The maximum absolute atomic E-state index is 12.3. The third-order valence-corrected chi connectivity index (χ3v) is 7.25. The third kappa shape index (κ3) is 5.04. The molecule has 0 bridgehead atoms. The lowest BCUT2D eigenvalue weighted by Gasteiger charge is -2.35. The largest absolute Gasteiger partial charge is 0.444 e.